The predicted octanol–water partition coefficient (Wildman–Crippen LogP) is 2.88. The van der Waals surface area contributed by atoms with E-state index in [0.29, 0.717) is 16.9 Å². The van der Waals surface area contributed by atoms with E-state index in [1.54, 1.807) is 4.68 Å². The van der Waals surface area contributed by atoms with Crippen LogP contribution in [0.5, 0.6) is 0 Å². The van der Waals surface area contributed by atoms with Crippen molar-refractivity contribution in [3.8, 4) is 5.69 Å². The maximum Gasteiger partial charge on any atom is 0.246 e. The molecular formula is C14H18ClN5. The molecule has 0 saturated carbocycles. The third-order valence-corrected chi connectivity index (χ3v) is 3.91. The summed E-state index contributed by atoms with van der Waals surface area (Å²) in [5.41, 5.74) is 6.76. The van der Waals surface area contributed by atoms with Crippen LogP contribution in [0.25, 0.3) is 5.69 Å². The van der Waals surface area contributed by atoms with Gasteiger partial charge in [-0.25, -0.2) is 0 Å². The van der Waals surface area contributed by atoms with Crippen molar-refractivity contribution in [2.24, 2.45) is 0 Å². The summed E-state index contributed by atoms with van der Waals surface area (Å²) >= 11 is 6.19. The minimum absolute atomic E-state index is 0.373. The molecule has 5 nitrogen and oxygen atoms in total. The van der Waals surface area contributed by atoms with Gasteiger partial charge in [0, 0.05) is 13.1 Å². The first-order chi connectivity index (χ1) is 9.75. The molecule has 1 saturated heterocycles. The quantitative estimate of drug-likeness (QED) is 0.924. The Kier molecular flexibility index (Phi) is 3.78. The molecule has 0 bridgehead atoms. The van der Waals surface area contributed by atoms with Gasteiger partial charge in [-0.1, -0.05) is 36.6 Å². The molecule has 0 atom stereocenters. The summed E-state index contributed by atoms with van der Waals surface area (Å²) < 4.78 is 1.61. The molecule has 2 aromatic rings. The molecule has 106 valence electrons. The highest BCUT2D eigenvalue weighted by Gasteiger charge is 2.17. The van der Waals surface area contributed by atoms with Gasteiger partial charge in [0.15, 0.2) is 0 Å². The number of nitrogens with zero attached hydrogens (tertiary/aromatic N) is 4. The van der Waals surface area contributed by atoms with Gasteiger partial charge in [-0.3, -0.25) is 0 Å². The monoisotopic (exact) mass is 291 g/mol. The Labute approximate surface area is 123 Å². The molecule has 3 rings (SSSR count). The summed E-state index contributed by atoms with van der Waals surface area (Å²) in [6.07, 6.45) is 4.91. The minimum Gasteiger partial charge on any atom is -0.368 e. The Morgan fingerprint density at radius 1 is 1.05 bits per heavy atom. The van der Waals surface area contributed by atoms with Gasteiger partial charge < -0.3 is 10.6 Å². The first kappa shape index (κ1) is 13.2. The number of hydrogen-bond donors (Lipinski definition) is 1. The molecule has 2 N–H and O–H groups in total. The average molecular weight is 292 g/mol. The van der Waals surface area contributed by atoms with E-state index >= 15 is 0 Å². The Morgan fingerprint density at radius 2 is 1.75 bits per heavy atom. The fourth-order valence-electron chi connectivity index (χ4n) is 2.52. The van der Waals surface area contributed by atoms with Crippen molar-refractivity contribution in [2.45, 2.75) is 25.7 Å². The summed E-state index contributed by atoms with van der Waals surface area (Å²) in [4.78, 5) is 6.60. The van der Waals surface area contributed by atoms with Gasteiger partial charge in [0.1, 0.15) is 0 Å². The number of nitrogens with two attached hydrogens (primary N) is 1. The van der Waals surface area contributed by atoms with Crippen molar-refractivity contribution in [3.63, 3.8) is 0 Å². The lowest BCUT2D eigenvalue weighted by atomic mass is 10.2. The number of anilines is 2. The Balaban J connectivity index is 1.93. The van der Waals surface area contributed by atoms with Crippen molar-refractivity contribution in [2.75, 3.05) is 23.7 Å². The van der Waals surface area contributed by atoms with Gasteiger partial charge in [-0.2, -0.15) is 9.67 Å². The maximum atomic E-state index is 6.19. The molecule has 1 aromatic carbocycles. The number of para-hydroxylation sites is 1. The molecule has 1 aliphatic heterocycles. The smallest absolute Gasteiger partial charge is 0.246 e. The Morgan fingerprint density at radius 3 is 2.45 bits per heavy atom. The number of nitrogen functional groups attached to an aromatic ring is 1. The molecule has 6 heteroatoms. The Bertz CT molecular complexity index is 587. The third-order valence-electron chi connectivity index (χ3n) is 3.59. The molecular weight excluding hydrogens is 274 g/mol. The second-order valence-corrected chi connectivity index (χ2v) is 5.44. The number of rotatable bonds is 2. The van der Waals surface area contributed by atoms with E-state index in [9.17, 15) is 0 Å². The predicted molar refractivity (Wildman–Crippen MR) is 81.5 cm³/mol. The number of halogens is 1. The average Bonchev–Trinajstić information content (AvgIpc) is 2.67. The highest BCUT2D eigenvalue weighted by atomic mass is 35.5. The zero-order valence-corrected chi connectivity index (χ0v) is 12.1. The van der Waals surface area contributed by atoms with Crippen LogP contribution in [0, 0.1) is 0 Å². The zero-order valence-electron chi connectivity index (χ0n) is 11.3. The van der Waals surface area contributed by atoms with Gasteiger partial charge in [-0.05, 0) is 25.0 Å². The first-order valence-corrected chi connectivity index (χ1v) is 7.36. The van der Waals surface area contributed by atoms with E-state index in [4.69, 9.17) is 17.3 Å². The van der Waals surface area contributed by atoms with Gasteiger partial charge in [-0.15, -0.1) is 5.10 Å². The van der Waals surface area contributed by atoms with Gasteiger partial charge in [0.2, 0.25) is 11.9 Å². The van der Waals surface area contributed by atoms with Crippen LogP contribution in [0.2, 0.25) is 5.02 Å². The van der Waals surface area contributed by atoms with Crippen molar-refractivity contribution in [1.82, 2.24) is 14.8 Å². The van der Waals surface area contributed by atoms with E-state index in [1.165, 1.54) is 25.7 Å². The second-order valence-electron chi connectivity index (χ2n) is 5.03. The van der Waals surface area contributed by atoms with Crippen molar-refractivity contribution >= 4 is 23.5 Å². The van der Waals surface area contributed by atoms with E-state index in [-0.39, 0.29) is 0 Å². The third kappa shape index (κ3) is 2.58. The highest BCUT2D eigenvalue weighted by Crippen LogP contribution is 2.24. The lowest BCUT2D eigenvalue weighted by molar-refractivity contribution is 0.726. The first-order valence-electron chi connectivity index (χ1n) is 6.98. The highest BCUT2D eigenvalue weighted by molar-refractivity contribution is 6.32. The van der Waals surface area contributed by atoms with Crippen LogP contribution in [0.4, 0.5) is 11.9 Å². The molecule has 0 amide bonds. The topological polar surface area (TPSA) is 60.0 Å². The zero-order chi connectivity index (χ0) is 13.9. The van der Waals surface area contributed by atoms with E-state index in [1.807, 2.05) is 24.3 Å². The summed E-state index contributed by atoms with van der Waals surface area (Å²) in [7, 11) is 0. The minimum atomic E-state index is 0.373. The molecule has 0 aliphatic carbocycles. The van der Waals surface area contributed by atoms with Crippen LogP contribution in [0.1, 0.15) is 25.7 Å². The molecule has 1 aliphatic rings. The molecule has 2 heterocycles. The molecule has 0 unspecified atom stereocenters. The van der Waals surface area contributed by atoms with Crippen LogP contribution in [0.3, 0.4) is 0 Å². The van der Waals surface area contributed by atoms with Gasteiger partial charge >= 0.3 is 0 Å². The maximum absolute atomic E-state index is 6.19. The van der Waals surface area contributed by atoms with Crippen LogP contribution in [0.15, 0.2) is 24.3 Å². The number of benzene rings is 1. The summed E-state index contributed by atoms with van der Waals surface area (Å²) in [6, 6.07) is 7.51. The Hall–Kier alpha value is -1.75. The molecule has 0 spiro atoms. The summed E-state index contributed by atoms with van der Waals surface area (Å²) in [6.45, 7) is 1.98. The second kappa shape index (κ2) is 5.71. The van der Waals surface area contributed by atoms with Crippen molar-refractivity contribution < 1.29 is 0 Å². The largest absolute Gasteiger partial charge is 0.368 e. The lowest BCUT2D eigenvalue weighted by Crippen LogP contribution is -2.25. The number of hydrogen-bond acceptors (Lipinski definition) is 4. The summed E-state index contributed by atoms with van der Waals surface area (Å²) in [5.74, 6) is 1.07. The van der Waals surface area contributed by atoms with Crippen LogP contribution >= 0.6 is 11.6 Å². The van der Waals surface area contributed by atoms with E-state index < -0.39 is 0 Å². The molecule has 20 heavy (non-hydrogen) atoms. The standard InChI is InChI=1S/C14H18ClN5/c15-11-7-3-4-8-12(11)20-13(16)17-14(18-20)19-9-5-1-2-6-10-19/h3-4,7-8H,1-2,5-6,9-10H2,(H2,16,17,18). The van der Waals surface area contributed by atoms with Crippen LogP contribution in [-0.2, 0) is 0 Å². The van der Waals surface area contributed by atoms with Crippen LogP contribution in [-0.4, -0.2) is 27.9 Å². The van der Waals surface area contributed by atoms with Gasteiger partial charge in [0.25, 0.3) is 0 Å². The normalized spacial score (nSPS) is 16.1. The lowest BCUT2D eigenvalue weighted by Gasteiger charge is -2.17. The fraction of sp³-hybridized carbons (Fsp3) is 0.429. The SMILES string of the molecule is Nc1nc(N2CCCCCC2)nn1-c1ccccc1Cl. The number of aromatic nitrogens is 3. The summed E-state index contributed by atoms with van der Waals surface area (Å²) in [5, 5.41) is 5.15. The fourth-order valence-corrected chi connectivity index (χ4v) is 2.73. The van der Waals surface area contributed by atoms with Gasteiger partial charge in [0.05, 0.1) is 10.7 Å². The van der Waals surface area contributed by atoms with Crippen LogP contribution < -0.4 is 10.6 Å². The van der Waals surface area contributed by atoms with E-state index in [2.05, 4.69) is 15.0 Å². The van der Waals surface area contributed by atoms with Crippen molar-refractivity contribution in [1.29, 1.82) is 0 Å². The molecule has 0 radical (unpaired) electrons. The molecule has 1 fully saturated rings. The molecule has 1 aromatic heterocycles. The van der Waals surface area contributed by atoms with Crippen molar-refractivity contribution in [3.05, 3.63) is 29.3 Å². The van der Waals surface area contributed by atoms with E-state index in [0.717, 1.165) is 18.8 Å².